The lowest BCUT2D eigenvalue weighted by molar-refractivity contribution is -0.0308. The molecule has 2 nitrogen and oxygen atoms in total. The maximum Gasteiger partial charge on any atom is 0.0133 e. The van der Waals surface area contributed by atoms with Gasteiger partial charge >= 0.3 is 0 Å². The van der Waals surface area contributed by atoms with Crippen molar-refractivity contribution in [3.63, 3.8) is 0 Å². The van der Waals surface area contributed by atoms with Gasteiger partial charge in [-0.3, -0.25) is 0 Å². The van der Waals surface area contributed by atoms with Crippen LogP contribution >= 0.6 is 0 Å². The van der Waals surface area contributed by atoms with Crippen LogP contribution in [0.1, 0.15) is 220 Å². The molecule has 0 aliphatic heterocycles. The zero-order chi connectivity index (χ0) is 32.3. The summed E-state index contributed by atoms with van der Waals surface area (Å²) < 4.78 is 0. The minimum absolute atomic E-state index is 0.868. The lowest BCUT2D eigenvalue weighted by Crippen LogP contribution is -2.45. The molecule has 2 saturated carbocycles. The summed E-state index contributed by atoms with van der Waals surface area (Å²) in [6.07, 6.45) is 46.5. The van der Waals surface area contributed by atoms with Crippen LogP contribution in [0.25, 0.3) is 0 Å². The Kier molecular flexibility index (Phi) is 25.0. The molecule has 0 radical (unpaired) electrons. The molecule has 0 saturated heterocycles. The van der Waals surface area contributed by atoms with E-state index in [-0.39, 0.29) is 0 Å². The number of hydrogen-bond donors (Lipinski definition) is 0. The van der Waals surface area contributed by atoms with Gasteiger partial charge in [-0.15, -0.1) is 6.58 Å². The molecular formula is C43H84N2. The Bertz CT molecular complexity index is 636. The standard InChI is InChI=1S/C43H84N2/c1-5-9-12-15-17-19-21-23-26-31-36-44(37-32-27-24-22-20-18-16-13-10-6-2)45(35-30-25-14-11-7-3)38-33-28-29-34-42-40-43(42)39-41(43)8-4/h7,41-42H,3,5-6,8-40H2,1-2,4H3. The maximum atomic E-state index is 3.95. The summed E-state index contributed by atoms with van der Waals surface area (Å²) in [6.45, 7) is 16.2. The van der Waals surface area contributed by atoms with Gasteiger partial charge in [-0.25, -0.2) is 10.0 Å². The third-order valence-electron chi connectivity index (χ3n) is 11.8. The maximum absolute atomic E-state index is 3.95. The summed E-state index contributed by atoms with van der Waals surface area (Å²) in [7, 11) is 0. The van der Waals surface area contributed by atoms with Crippen molar-refractivity contribution in [3.05, 3.63) is 12.7 Å². The second kappa shape index (κ2) is 27.6. The second-order valence-electron chi connectivity index (χ2n) is 15.7. The van der Waals surface area contributed by atoms with Crippen molar-refractivity contribution in [2.75, 3.05) is 26.2 Å². The van der Waals surface area contributed by atoms with Gasteiger partial charge in [0.1, 0.15) is 0 Å². The first kappa shape index (κ1) is 40.8. The van der Waals surface area contributed by atoms with Crippen molar-refractivity contribution in [2.45, 2.75) is 220 Å². The van der Waals surface area contributed by atoms with Crippen molar-refractivity contribution >= 4 is 0 Å². The van der Waals surface area contributed by atoms with Crippen LogP contribution in [-0.4, -0.2) is 36.2 Å². The van der Waals surface area contributed by atoms with Crippen LogP contribution in [0.2, 0.25) is 0 Å². The molecule has 3 atom stereocenters. The highest BCUT2D eigenvalue weighted by atomic mass is 15.6. The first-order chi connectivity index (χ1) is 22.2. The fourth-order valence-corrected chi connectivity index (χ4v) is 8.46. The van der Waals surface area contributed by atoms with Crippen LogP contribution in [0.4, 0.5) is 0 Å². The molecule has 2 aliphatic rings. The smallest absolute Gasteiger partial charge is 0.0133 e. The van der Waals surface area contributed by atoms with Gasteiger partial charge < -0.3 is 0 Å². The Morgan fingerprint density at radius 3 is 1.20 bits per heavy atom. The van der Waals surface area contributed by atoms with Gasteiger partial charge in [0.05, 0.1) is 0 Å². The van der Waals surface area contributed by atoms with E-state index in [9.17, 15) is 0 Å². The number of hydrogen-bond acceptors (Lipinski definition) is 2. The predicted molar refractivity (Wildman–Crippen MR) is 203 cm³/mol. The third-order valence-corrected chi connectivity index (χ3v) is 11.8. The monoisotopic (exact) mass is 629 g/mol. The molecule has 2 fully saturated rings. The van der Waals surface area contributed by atoms with E-state index in [0.29, 0.717) is 0 Å². The fraction of sp³-hybridized carbons (Fsp3) is 0.953. The molecule has 45 heavy (non-hydrogen) atoms. The van der Waals surface area contributed by atoms with Crippen LogP contribution < -0.4 is 0 Å². The molecule has 3 unspecified atom stereocenters. The van der Waals surface area contributed by atoms with E-state index in [0.717, 1.165) is 17.3 Å². The quantitative estimate of drug-likeness (QED) is 0.0387. The van der Waals surface area contributed by atoms with Gasteiger partial charge in [-0.2, -0.15) is 0 Å². The van der Waals surface area contributed by atoms with Gasteiger partial charge in [0, 0.05) is 26.2 Å². The minimum atomic E-state index is 0.868. The summed E-state index contributed by atoms with van der Waals surface area (Å²) in [5.41, 5.74) is 0.868. The summed E-state index contributed by atoms with van der Waals surface area (Å²) in [6, 6.07) is 0. The van der Waals surface area contributed by atoms with E-state index in [1.165, 1.54) is 212 Å². The van der Waals surface area contributed by atoms with Gasteiger partial charge in [-0.05, 0) is 75.0 Å². The van der Waals surface area contributed by atoms with Crippen LogP contribution in [0.3, 0.4) is 0 Å². The number of hydrazine groups is 1. The molecule has 266 valence electrons. The van der Waals surface area contributed by atoms with Gasteiger partial charge in [0.25, 0.3) is 0 Å². The Balaban J connectivity index is 1.74. The third kappa shape index (κ3) is 19.3. The Morgan fingerprint density at radius 2 is 0.822 bits per heavy atom. The lowest BCUT2D eigenvalue weighted by atomic mass is 10.1. The number of rotatable bonds is 36. The molecular weight excluding hydrogens is 544 g/mol. The summed E-state index contributed by atoms with van der Waals surface area (Å²) >= 11 is 0. The molecule has 0 aromatic carbocycles. The first-order valence-electron chi connectivity index (χ1n) is 21.3. The Morgan fingerprint density at radius 1 is 0.467 bits per heavy atom. The van der Waals surface area contributed by atoms with E-state index in [4.69, 9.17) is 0 Å². The van der Waals surface area contributed by atoms with Crippen LogP contribution in [0.15, 0.2) is 12.7 Å². The minimum Gasteiger partial charge on any atom is -0.242 e. The SMILES string of the molecule is C=CCCCCCN(CCCCCC1CC12CC2CC)N(CCCCCCCCCCCC)CCCCCCCCCCCC. The van der Waals surface area contributed by atoms with E-state index >= 15 is 0 Å². The van der Waals surface area contributed by atoms with Crippen LogP contribution in [0, 0.1) is 17.3 Å². The van der Waals surface area contributed by atoms with Crippen LogP contribution in [0.5, 0.6) is 0 Å². The van der Waals surface area contributed by atoms with E-state index in [1.54, 1.807) is 12.8 Å². The molecule has 0 N–H and O–H groups in total. The molecule has 2 heteroatoms. The van der Waals surface area contributed by atoms with Crippen molar-refractivity contribution in [2.24, 2.45) is 17.3 Å². The van der Waals surface area contributed by atoms with Crippen molar-refractivity contribution in [3.8, 4) is 0 Å². The van der Waals surface area contributed by atoms with Crippen molar-refractivity contribution in [1.29, 1.82) is 0 Å². The average molecular weight is 629 g/mol. The Hall–Kier alpha value is -0.340. The second-order valence-corrected chi connectivity index (χ2v) is 15.7. The molecule has 1 spiro atoms. The molecule has 2 rings (SSSR count). The van der Waals surface area contributed by atoms with Crippen molar-refractivity contribution in [1.82, 2.24) is 10.0 Å². The highest BCUT2D eigenvalue weighted by Crippen LogP contribution is 2.76. The summed E-state index contributed by atoms with van der Waals surface area (Å²) in [4.78, 5) is 0. The van der Waals surface area contributed by atoms with Crippen molar-refractivity contribution < 1.29 is 0 Å². The predicted octanol–water partition coefficient (Wildman–Crippen LogP) is 14.1. The van der Waals surface area contributed by atoms with E-state index < -0.39 is 0 Å². The van der Waals surface area contributed by atoms with Gasteiger partial charge in [0.2, 0.25) is 0 Å². The zero-order valence-electron chi connectivity index (χ0n) is 31.6. The highest BCUT2D eigenvalue weighted by molar-refractivity contribution is 5.17. The molecule has 0 heterocycles. The number of unbranched alkanes of at least 4 members (excludes halogenated alkanes) is 23. The molecule has 0 amide bonds. The summed E-state index contributed by atoms with van der Waals surface area (Å²) in [5.74, 6) is 2.21. The molecule has 0 aromatic heterocycles. The largest absolute Gasteiger partial charge is 0.242 e. The molecule has 0 bridgehead atoms. The highest BCUT2D eigenvalue weighted by Gasteiger charge is 2.68. The van der Waals surface area contributed by atoms with E-state index in [1.807, 2.05) is 0 Å². The number of allylic oxidation sites excluding steroid dienone is 1. The molecule has 2 aliphatic carbocycles. The topological polar surface area (TPSA) is 6.48 Å². The Labute approximate surface area is 285 Å². The molecule has 0 aromatic rings. The fourth-order valence-electron chi connectivity index (χ4n) is 8.46. The van der Waals surface area contributed by atoms with Gasteiger partial charge in [0.15, 0.2) is 0 Å². The normalized spacial score (nSPS) is 20.6. The van der Waals surface area contributed by atoms with E-state index in [2.05, 4.69) is 43.4 Å². The summed E-state index contributed by atoms with van der Waals surface area (Å²) in [5, 5.41) is 5.71. The van der Waals surface area contributed by atoms with Gasteiger partial charge in [-0.1, -0.05) is 168 Å². The van der Waals surface area contributed by atoms with Crippen LogP contribution in [-0.2, 0) is 0 Å². The number of nitrogens with zero attached hydrogens (tertiary/aromatic N) is 2. The first-order valence-corrected chi connectivity index (χ1v) is 21.3. The lowest BCUT2D eigenvalue weighted by Gasteiger charge is -2.36. The average Bonchev–Trinajstić information content (AvgIpc) is 3.96. The zero-order valence-corrected chi connectivity index (χ0v) is 31.6.